The van der Waals surface area contributed by atoms with E-state index in [4.69, 9.17) is 0 Å². The summed E-state index contributed by atoms with van der Waals surface area (Å²) in [5.41, 5.74) is 0.633. The molecule has 0 aliphatic heterocycles. The van der Waals surface area contributed by atoms with Crippen molar-refractivity contribution < 1.29 is 4.79 Å². The van der Waals surface area contributed by atoms with Crippen LogP contribution in [0.1, 0.15) is 13.3 Å². The highest BCUT2D eigenvalue weighted by molar-refractivity contribution is 5.90. The van der Waals surface area contributed by atoms with Gasteiger partial charge in [-0.05, 0) is 6.54 Å². The molecule has 76 valence electrons. The second kappa shape index (κ2) is 6.04. The van der Waals surface area contributed by atoms with Crippen LogP contribution < -0.4 is 10.6 Å². The van der Waals surface area contributed by atoms with E-state index in [1.165, 1.54) is 6.33 Å². The molecule has 2 N–H and O–H groups in total. The summed E-state index contributed by atoms with van der Waals surface area (Å²) in [7, 11) is 0. The first kappa shape index (κ1) is 10.6. The maximum atomic E-state index is 11.3. The van der Waals surface area contributed by atoms with Crippen LogP contribution in [0.3, 0.4) is 0 Å². The van der Waals surface area contributed by atoms with Crippen molar-refractivity contribution in [3.05, 3.63) is 18.7 Å². The molecule has 0 spiro atoms. The summed E-state index contributed by atoms with van der Waals surface area (Å²) in [4.78, 5) is 18.9. The average molecular weight is 194 g/mol. The molecule has 1 heterocycles. The highest BCUT2D eigenvalue weighted by atomic mass is 16.1. The van der Waals surface area contributed by atoms with Gasteiger partial charge < -0.3 is 10.6 Å². The van der Waals surface area contributed by atoms with E-state index in [-0.39, 0.29) is 5.91 Å². The predicted octanol–water partition coefficient (Wildman–Crippen LogP) is 0.415. The van der Waals surface area contributed by atoms with E-state index in [0.717, 1.165) is 6.54 Å². The summed E-state index contributed by atoms with van der Waals surface area (Å²) in [6.45, 7) is 3.57. The first-order valence-electron chi connectivity index (χ1n) is 4.58. The molecule has 0 radical (unpaired) electrons. The van der Waals surface area contributed by atoms with Gasteiger partial charge in [0.25, 0.3) is 0 Å². The third-order valence-electron chi connectivity index (χ3n) is 1.62. The van der Waals surface area contributed by atoms with Crippen molar-refractivity contribution in [2.24, 2.45) is 0 Å². The molecule has 0 aliphatic rings. The van der Waals surface area contributed by atoms with Gasteiger partial charge in [0.1, 0.15) is 6.33 Å². The number of carbonyl (C=O) groups is 1. The van der Waals surface area contributed by atoms with Gasteiger partial charge in [-0.15, -0.1) is 0 Å². The Morgan fingerprint density at radius 1 is 1.43 bits per heavy atom. The number of nitrogens with one attached hydrogen (secondary N) is 2. The lowest BCUT2D eigenvalue weighted by molar-refractivity contribution is -0.116. The second-order valence-electron chi connectivity index (χ2n) is 2.78. The number of carbonyl (C=O) groups excluding carboxylic acids is 1. The minimum Gasteiger partial charge on any atom is -0.323 e. The summed E-state index contributed by atoms with van der Waals surface area (Å²) < 4.78 is 0. The van der Waals surface area contributed by atoms with Crippen molar-refractivity contribution >= 4 is 11.6 Å². The predicted molar refractivity (Wildman–Crippen MR) is 53.8 cm³/mol. The van der Waals surface area contributed by atoms with Gasteiger partial charge in [0.15, 0.2) is 0 Å². The highest BCUT2D eigenvalue weighted by Gasteiger charge is 2.00. The lowest BCUT2D eigenvalue weighted by atomic mass is 10.4. The molecule has 1 amide bonds. The third kappa shape index (κ3) is 3.95. The third-order valence-corrected chi connectivity index (χ3v) is 1.62. The van der Waals surface area contributed by atoms with Gasteiger partial charge in [0.2, 0.25) is 5.91 Å². The number of amides is 1. The summed E-state index contributed by atoms with van der Waals surface area (Å²) >= 11 is 0. The van der Waals surface area contributed by atoms with Crippen LogP contribution in [0.4, 0.5) is 5.69 Å². The Hall–Kier alpha value is -1.49. The molecule has 0 unspecified atom stereocenters. The van der Waals surface area contributed by atoms with Crippen LogP contribution in [0.15, 0.2) is 18.7 Å². The van der Waals surface area contributed by atoms with E-state index >= 15 is 0 Å². The van der Waals surface area contributed by atoms with Crippen molar-refractivity contribution in [2.75, 3.05) is 18.4 Å². The molecule has 5 heteroatoms. The molecule has 1 aromatic rings. The van der Waals surface area contributed by atoms with Crippen molar-refractivity contribution in [3.63, 3.8) is 0 Å². The molecule has 14 heavy (non-hydrogen) atoms. The van der Waals surface area contributed by atoms with Gasteiger partial charge in [-0.3, -0.25) is 4.79 Å². The number of rotatable bonds is 5. The molecule has 1 aromatic heterocycles. The molecule has 0 bridgehead atoms. The summed E-state index contributed by atoms with van der Waals surface area (Å²) in [5, 5.41) is 5.77. The van der Waals surface area contributed by atoms with Crippen molar-refractivity contribution in [2.45, 2.75) is 13.3 Å². The Morgan fingerprint density at radius 2 is 2.14 bits per heavy atom. The normalized spacial score (nSPS) is 9.79. The van der Waals surface area contributed by atoms with Gasteiger partial charge in [-0.25, -0.2) is 9.97 Å². The Labute approximate surface area is 83.0 Å². The maximum Gasteiger partial charge on any atom is 0.225 e. The largest absolute Gasteiger partial charge is 0.323 e. The highest BCUT2D eigenvalue weighted by Crippen LogP contribution is 2.00. The maximum absolute atomic E-state index is 11.3. The van der Waals surface area contributed by atoms with Crippen LogP contribution in [0.5, 0.6) is 0 Å². The van der Waals surface area contributed by atoms with Gasteiger partial charge in [0, 0.05) is 13.0 Å². The molecule has 0 saturated heterocycles. The van der Waals surface area contributed by atoms with Crippen LogP contribution in [0, 0.1) is 0 Å². The van der Waals surface area contributed by atoms with Gasteiger partial charge in [0.05, 0.1) is 18.1 Å². The van der Waals surface area contributed by atoms with Crippen LogP contribution in [0.25, 0.3) is 0 Å². The van der Waals surface area contributed by atoms with E-state index < -0.39 is 0 Å². The Balaban J connectivity index is 2.27. The van der Waals surface area contributed by atoms with Crippen LogP contribution in [0.2, 0.25) is 0 Å². The first-order chi connectivity index (χ1) is 6.83. The molecule has 0 aromatic carbocycles. The van der Waals surface area contributed by atoms with Crippen molar-refractivity contribution in [1.29, 1.82) is 0 Å². The quantitative estimate of drug-likeness (QED) is 0.666. The lowest BCUT2D eigenvalue weighted by Crippen LogP contribution is -2.21. The SMILES string of the molecule is CCNCCC(=O)Nc1cncnc1. The van der Waals surface area contributed by atoms with Crippen LogP contribution in [-0.4, -0.2) is 29.0 Å². The fourth-order valence-electron chi connectivity index (χ4n) is 0.966. The first-order valence-corrected chi connectivity index (χ1v) is 4.58. The van der Waals surface area contributed by atoms with Crippen molar-refractivity contribution in [3.8, 4) is 0 Å². The lowest BCUT2D eigenvalue weighted by Gasteiger charge is -2.03. The van der Waals surface area contributed by atoms with E-state index in [9.17, 15) is 4.79 Å². The smallest absolute Gasteiger partial charge is 0.225 e. The minimum atomic E-state index is -0.0271. The van der Waals surface area contributed by atoms with Crippen molar-refractivity contribution in [1.82, 2.24) is 15.3 Å². The number of nitrogens with zero attached hydrogens (tertiary/aromatic N) is 2. The molecule has 5 nitrogen and oxygen atoms in total. The Kier molecular flexibility index (Phi) is 4.57. The molecule has 0 atom stereocenters. The molecule has 0 saturated carbocycles. The van der Waals surface area contributed by atoms with E-state index in [1.54, 1.807) is 12.4 Å². The molecule has 0 fully saturated rings. The summed E-state index contributed by atoms with van der Waals surface area (Å²) in [6, 6.07) is 0. The monoisotopic (exact) mass is 194 g/mol. The van der Waals surface area contributed by atoms with Gasteiger partial charge in [-0.2, -0.15) is 0 Å². The topological polar surface area (TPSA) is 66.9 Å². The number of hydrogen-bond acceptors (Lipinski definition) is 4. The minimum absolute atomic E-state index is 0.0271. The number of anilines is 1. The van der Waals surface area contributed by atoms with Gasteiger partial charge in [-0.1, -0.05) is 6.92 Å². The second-order valence-corrected chi connectivity index (χ2v) is 2.78. The van der Waals surface area contributed by atoms with E-state index in [1.807, 2.05) is 6.92 Å². The summed E-state index contributed by atoms with van der Waals surface area (Å²) in [6.07, 6.45) is 5.02. The Morgan fingerprint density at radius 3 is 2.79 bits per heavy atom. The zero-order chi connectivity index (χ0) is 10.2. The van der Waals surface area contributed by atoms with Crippen LogP contribution in [-0.2, 0) is 4.79 Å². The number of aromatic nitrogens is 2. The van der Waals surface area contributed by atoms with Gasteiger partial charge >= 0.3 is 0 Å². The molecular formula is C9H14N4O. The fraction of sp³-hybridized carbons (Fsp3) is 0.444. The summed E-state index contributed by atoms with van der Waals surface area (Å²) in [5.74, 6) is -0.0271. The molecule has 1 rings (SSSR count). The fourth-order valence-corrected chi connectivity index (χ4v) is 0.966. The average Bonchev–Trinajstić information content (AvgIpc) is 2.20. The molecular weight excluding hydrogens is 180 g/mol. The number of hydrogen-bond donors (Lipinski definition) is 2. The Bertz CT molecular complexity index is 275. The standard InChI is InChI=1S/C9H14N4O/c1-2-10-4-3-9(14)13-8-5-11-7-12-6-8/h5-7,10H,2-4H2,1H3,(H,13,14). The zero-order valence-electron chi connectivity index (χ0n) is 8.16. The van der Waals surface area contributed by atoms with E-state index in [2.05, 4.69) is 20.6 Å². The van der Waals surface area contributed by atoms with Crippen LogP contribution >= 0.6 is 0 Å². The molecule has 0 aliphatic carbocycles. The van der Waals surface area contributed by atoms with E-state index in [0.29, 0.717) is 18.7 Å². The zero-order valence-corrected chi connectivity index (χ0v) is 8.16.